The van der Waals surface area contributed by atoms with Crippen LogP contribution >= 0.6 is 15.9 Å². The van der Waals surface area contributed by atoms with Crippen LogP contribution in [0.1, 0.15) is 36.0 Å². The zero-order valence-electron chi connectivity index (χ0n) is 22.0. The Hall–Kier alpha value is -2.82. The summed E-state index contributed by atoms with van der Waals surface area (Å²) in [6, 6.07) is 15.9. The number of hydrogen-bond acceptors (Lipinski definition) is 4. The van der Waals surface area contributed by atoms with E-state index in [0.29, 0.717) is 43.7 Å². The van der Waals surface area contributed by atoms with Gasteiger partial charge in [-0.1, -0.05) is 28.1 Å². The SMILES string of the molecule is Cc1cc(C)cc(N(CCC(=O)NC2CCN(Cc3ccc(F)c(F)c3)CC2)S(=O)(=O)c2ccc(Br)cc2)c1. The van der Waals surface area contributed by atoms with E-state index in [0.717, 1.165) is 21.7 Å². The topological polar surface area (TPSA) is 69.7 Å². The zero-order valence-corrected chi connectivity index (χ0v) is 24.4. The minimum absolute atomic E-state index is 0.00208. The van der Waals surface area contributed by atoms with Gasteiger partial charge in [-0.2, -0.15) is 0 Å². The fourth-order valence-electron chi connectivity index (χ4n) is 4.85. The highest BCUT2D eigenvalue weighted by atomic mass is 79.9. The highest BCUT2D eigenvalue weighted by molar-refractivity contribution is 9.10. The van der Waals surface area contributed by atoms with Gasteiger partial charge in [0.05, 0.1) is 10.6 Å². The Labute approximate surface area is 237 Å². The van der Waals surface area contributed by atoms with Gasteiger partial charge in [0.15, 0.2) is 11.6 Å². The Bertz CT molecular complexity index is 1410. The zero-order chi connectivity index (χ0) is 28.2. The summed E-state index contributed by atoms with van der Waals surface area (Å²) in [6.07, 6.45) is 1.44. The second kappa shape index (κ2) is 12.6. The second-order valence-electron chi connectivity index (χ2n) is 9.99. The molecule has 4 rings (SSSR count). The molecule has 0 radical (unpaired) electrons. The minimum Gasteiger partial charge on any atom is -0.353 e. The van der Waals surface area contributed by atoms with Gasteiger partial charge in [-0.25, -0.2) is 17.2 Å². The van der Waals surface area contributed by atoms with Crippen LogP contribution in [0.5, 0.6) is 0 Å². The van der Waals surface area contributed by atoms with E-state index >= 15 is 0 Å². The van der Waals surface area contributed by atoms with Gasteiger partial charge in [0.2, 0.25) is 5.91 Å². The second-order valence-corrected chi connectivity index (χ2v) is 12.8. The number of rotatable bonds is 9. The van der Waals surface area contributed by atoms with Crippen molar-refractivity contribution in [1.82, 2.24) is 10.2 Å². The van der Waals surface area contributed by atoms with Gasteiger partial charge in [0, 0.05) is 43.1 Å². The molecule has 0 atom stereocenters. The molecule has 1 aliphatic rings. The van der Waals surface area contributed by atoms with Crippen LogP contribution in [-0.4, -0.2) is 44.9 Å². The summed E-state index contributed by atoms with van der Waals surface area (Å²) < 4.78 is 56.0. The van der Waals surface area contributed by atoms with Crippen LogP contribution in [0.25, 0.3) is 0 Å². The molecule has 1 heterocycles. The van der Waals surface area contributed by atoms with Gasteiger partial charge < -0.3 is 5.32 Å². The molecule has 1 amide bonds. The normalized spacial score (nSPS) is 14.8. The molecule has 3 aromatic rings. The lowest BCUT2D eigenvalue weighted by molar-refractivity contribution is -0.121. The van der Waals surface area contributed by atoms with Crippen molar-refractivity contribution in [1.29, 1.82) is 0 Å². The maximum Gasteiger partial charge on any atom is 0.264 e. The van der Waals surface area contributed by atoms with Gasteiger partial charge in [-0.3, -0.25) is 14.0 Å². The summed E-state index contributed by atoms with van der Waals surface area (Å²) in [7, 11) is -3.90. The molecule has 0 unspecified atom stereocenters. The summed E-state index contributed by atoms with van der Waals surface area (Å²) in [5, 5.41) is 3.05. The number of halogens is 3. The van der Waals surface area contributed by atoms with Crippen LogP contribution in [0.2, 0.25) is 0 Å². The summed E-state index contributed by atoms with van der Waals surface area (Å²) in [4.78, 5) is 15.2. The first-order valence-corrected chi connectivity index (χ1v) is 15.1. The Morgan fingerprint density at radius 2 is 1.62 bits per heavy atom. The van der Waals surface area contributed by atoms with Gasteiger partial charge in [-0.15, -0.1) is 0 Å². The summed E-state index contributed by atoms with van der Waals surface area (Å²) >= 11 is 3.34. The summed E-state index contributed by atoms with van der Waals surface area (Å²) in [5.41, 5.74) is 3.09. The molecule has 6 nitrogen and oxygen atoms in total. The van der Waals surface area contributed by atoms with E-state index in [1.165, 1.54) is 10.4 Å². The molecule has 1 fully saturated rings. The van der Waals surface area contributed by atoms with E-state index in [4.69, 9.17) is 0 Å². The monoisotopic (exact) mass is 619 g/mol. The van der Waals surface area contributed by atoms with Crippen molar-refractivity contribution in [3.63, 3.8) is 0 Å². The van der Waals surface area contributed by atoms with Crippen LogP contribution in [0, 0.1) is 25.5 Å². The molecule has 10 heteroatoms. The van der Waals surface area contributed by atoms with Gasteiger partial charge >= 0.3 is 0 Å². The van der Waals surface area contributed by atoms with Crippen LogP contribution in [-0.2, 0) is 21.4 Å². The number of carbonyl (C=O) groups excluding carboxylic acids is 1. The first-order chi connectivity index (χ1) is 18.5. The highest BCUT2D eigenvalue weighted by Gasteiger charge is 2.27. The van der Waals surface area contributed by atoms with E-state index in [1.807, 2.05) is 32.0 Å². The molecule has 208 valence electrons. The predicted molar refractivity (Wildman–Crippen MR) is 152 cm³/mol. The number of hydrogen-bond donors (Lipinski definition) is 1. The highest BCUT2D eigenvalue weighted by Crippen LogP contribution is 2.27. The van der Waals surface area contributed by atoms with E-state index in [2.05, 4.69) is 26.1 Å². The number of benzene rings is 3. The Balaban J connectivity index is 1.38. The van der Waals surface area contributed by atoms with Crippen LogP contribution in [0.15, 0.2) is 70.0 Å². The Morgan fingerprint density at radius 1 is 0.974 bits per heavy atom. The van der Waals surface area contributed by atoms with Crippen LogP contribution in [0.4, 0.5) is 14.5 Å². The molecular formula is C29H32BrF2N3O3S. The number of aryl methyl sites for hydroxylation is 2. The standard InChI is InChI=1S/C29H32BrF2N3O3S/c1-20-15-21(2)17-25(16-20)35(39(37,38)26-6-4-23(30)5-7-26)14-11-29(36)33-24-9-12-34(13-10-24)19-22-3-8-27(31)28(32)18-22/h3-8,15-18,24H,9-14,19H2,1-2H3,(H,33,36). The minimum atomic E-state index is -3.90. The number of nitrogens with one attached hydrogen (secondary N) is 1. The van der Waals surface area contributed by atoms with Gasteiger partial charge in [-0.05, 0) is 91.9 Å². The first-order valence-electron chi connectivity index (χ1n) is 12.8. The lowest BCUT2D eigenvalue weighted by Crippen LogP contribution is -2.45. The first kappa shape index (κ1) is 29.2. The largest absolute Gasteiger partial charge is 0.353 e. The third-order valence-corrected chi connectivity index (χ3v) is 9.15. The van der Waals surface area contributed by atoms with Gasteiger partial charge in [0.1, 0.15) is 0 Å². The quantitative estimate of drug-likeness (QED) is 0.333. The third-order valence-electron chi connectivity index (χ3n) is 6.78. The van der Waals surface area contributed by atoms with Crippen molar-refractivity contribution in [3.05, 3.63) is 93.5 Å². The number of likely N-dealkylation sites (tertiary alicyclic amines) is 1. The summed E-state index contributed by atoms with van der Waals surface area (Å²) in [6.45, 7) is 5.74. The third kappa shape index (κ3) is 7.64. The molecule has 1 saturated heterocycles. The van der Waals surface area contributed by atoms with E-state index in [-0.39, 0.29) is 29.8 Å². The molecular weight excluding hydrogens is 588 g/mol. The molecule has 0 spiro atoms. The number of nitrogens with zero attached hydrogens (tertiary/aromatic N) is 2. The van der Waals surface area contributed by atoms with Crippen molar-refractivity contribution in [3.8, 4) is 0 Å². The number of piperidine rings is 1. The molecule has 0 aromatic heterocycles. The maximum absolute atomic E-state index is 13.6. The maximum atomic E-state index is 13.6. The number of anilines is 1. The van der Waals surface area contributed by atoms with Crippen molar-refractivity contribution in [2.45, 2.75) is 50.6 Å². The molecule has 0 saturated carbocycles. The molecule has 0 bridgehead atoms. The smallest absolute Gasteiger partial charge is 0.264 e. The lowest BCUT2D eigenvalue weighted by atomic mass is 10.0. The van der Waals surface area contributed by atoms with Crippen molar-refractivity contribution in [2.24, 2.45) is 0 Å². The molecule has 1 N–H and O–H groups in total. The summed E-state index contributed by atoms with van der Waals surface area (Å²) in [5.74, 6) is -1.93. The average molecular weight is 621 g/mol. The van der Waals surface area contributed by atoms with Crippen molar-refractivity contribution < 1.29 is 22.0 Å². The molecule has 0 aliphatic carbocycles. The predicted octanol–water partition coefficient (Wildman–Crippen LogP) is 5.71. The number of amides is 1. The van der Waals surface area contributed by atoms with Crippen LogP contribution < -0.4 is 9.62 Å². The number of sulfonamides is 1. The fraction of sp³-hybridized carbons (Fsp3) is 0.345. The average Bonchev–Trinajstić information content (AvgIpc) is 2.87. The Morgan fingerprint density at radius 3 is 2.23 bits per heavy atom. The molecule has 39 heavy (non-hydrogen) atoms. The van der Waals surface area contributed by atoms with Crippen molar-refractivity contribution >= 4 is 37.5 Å². The van der Waals surface area contributed by atoms with Gasteiger partial charge in [0.25, 0.3) is 10.0 Å². The lowest BCUT2D eigenvalue weighted by Gasteiger charge is -2.32. The fourth-order valence-corrected chi connectivity index (χ4v) is 6.56. The molecule has 3 aromatic carbocycles. The Kier molecular flexibility index (Phi) is 9.40. The molecule has 1 aliphatic heterocycles. The van der Waals surface area contributed by atoms with E-state index < -0.39 is 21.7 Å². The number of carbonyl (C=O) groups is 1. The van der Waals surface area contributed by atoms with Crippen molar-refractivity contribution in [2.75, 3.05) is 23.9 Å². The van der Waals surface area contributed by atoms with E-state index in [9.17, 15) is 22.0 Å². The van der Waals surface area contributed by atoms with Crippen LogP contribution in [0.3, 0.4) is 0 Å². The van der Waals surface area contributed by atoms with E-state index in [1.54, 1.807) is 30.3 Å².